The Bertz CT molecular complexity index is 1020. The Morgan fingerprint density at radius 2 is 1.78 bits per heavy atom. The highest BCUT2D eigenvalue weighted by Crippen LogP contribution is 2.42. The molecule has 3 unspecified atom stereocenters. The number of phenols is 1. The van der Waals surface area contributed by atoms with Crippen molar-refractivity contribution in [2.75, 3.05) is 0 Å². The van der Waals surface area contributed by atoms with Crippen LogP contribution in [0.2, 0.25) is 0 Å². The van der Waals surface area contributed by atoms with Gasteiger partial charge in [-0.25, -0.2) is 4.79 Å². The predicted octanol–water partition coefficient (Wildman–Crippen LogP) is 5.13. The van der Waals surface area contributed by atoms with Gasteiger partial charge in [0.25, 0.3) is 11.2 Å². The molecule has 172 valence electrons. The standard InChI is InChI=1S/C21H22Br2NO7P/c1-10(2)6-16(20(27)28)24-19(26)13-9-12(4-5-17(13)25)31-18-14(22)7-11(8-15(18)23)21(3,29)32-30/h4-5,7-10,16,25,29H,6H2,1-3H3,(H,24,26)(H,27,28)/p+1. The number of amides is 1. The average Bonchev–Trinajstić information content (AvgIpc) is 2.70. The molecule has 0 heterocycles. The number of carbonyl (C=O) groups excluding carboxylic acids is 1. The fourth-order valence-corrected chi connectivity index (χ4v) is 4.42. The van der Waals surface area contributed by atoms with Crippen LogP contribution < -0.4 is 10.1 Å². The van der Waals surface area contributed by atoms with Crippen LogP contribution in [0.3, 0.4) is 0 Å². The minimum Gasteiger partial charge on any atom is -0.507 e. The van der Waals surface area contributed by atoms with Gasteiger partial charge in [0, 0.05) is 12.5 Å². The SMILES string of the molecule is CC(C)CC(NC(=O)c1cc(Oc2c(Br)cc(C(C)(O)[PH+]=O)cc2Br)ccc1O)C(=O)O. The maximum absolute atomic E-state index is 12.6. The largest absolute Gasteiger partial charge is 0.507 e. The Morgan fingerprint density at radius 3 is 2.28 bits per heavy atom. The molecule has 0 radical (unpaired) electrons. The van der Waals surface area contributed by atoms with Crippen LogP contribution in [-0.4, -0.2) is 33.2 Å². The molecule has 2 aromatic rings. The van der Waals surface area contributed by atoms with E-state index in [0.717, 1.165) is 0 Å². The molecule has 0 saturated heterocycles. The number of hydrogen-bond acceptors (Lipinski definition) is 6. The first-order valence-electron chi connectivity index (χ1n) is 9.51. The molecule has 32 heavy (non-hydrogen) atoms. The van der Waals surface area contributed by atoms with E-state index in [2.05, 4.69) is 37.2 Å². The summed E-state index contributed by atoms with van der Waals surface area (Å²) in [5.41, 5.74) is 0.254. The molecule has 3 atom stereocenters. The lowest BCUT2D eigenvalue weighted by atomic mass is 10.0. The van der Waals surface area contributed by atoms with Gasteiger partial charge in [-0.1, -0.05) is 18.4 Å². The summed E-state index contributed by atoms with van der Waals surface area (Å²) >= 11 is 6.70. The third kappa shape index (κ3) is 6.51. The van der Waals surface area contributed by atoms with Crippen LogP contribution >= 0.6 is 40.3 Å². The van der Waals surface area contributed by atoms with E-state index in [1.54, 1.807) is 12.1 Å². The maximum atomic E-state index is 12.6. The summed E-state index contributed by atoms with van der Waals surface area (Å²) in [5, 5.41) is 30.6. The van der Waals surface area contributed by atoms with Crippen molar-refractivity contribution in [3.63, 3.8) is 0 Å². The number of ether oxygens (including phenoxy) is 1. The van der Waals surface area contributed by atoms with Crippen LogP contribution in [-0.2, 0) is 14.7 Å². The van der Waals surface area contributed by atoms with E-state index in [-0.39, 0.29) is 29.4 Å². The van der Waals surface area contributed by atoms with Crippen molar-refractivity contribution < 1.29 is 34.2 Å². The first kappa shape index (κ1) is 26.3. The highest BCUT2D eigenvalue weighted by molar-refractivity contribution is 9.11. The molecule has 0 bridgehead atoms. The number of carboxylic acid groups (broad SMARTS) is 1. The summed E-state index contributed by atoms with van der Waals surface area (Å²) in [6, 6.07) is 6.02. The molecule has 0 fully saturated rings. The molecule has 0 aliphatic rings. The number of halogens is 2. The summed E-state index contributed by atoms with van der Waals surface area (Å²) in [4.78, 5) is 24.1. The molecule has 2 aromatic carbocycles. The van der Waals surface area contributed by atoms with Crippen molar-refractivity contribution in [1.82, 2.24) is 5.32 Å². The van der Waals surface area contributed by atoms with Gasteiger partial charge in [0.1, 0.15) is 17.5 Å². The Hall–Kier alpha value is -2.00. The Labute approximate surface area is 203 Å². The summed E-state index contributed by atoms with van der Waals surface area (Å²) in [6.45, 7) is 5.10. The van der Waals surface area contributed by atoms with Gasteiger partial charge in [-0.2, -0.15) is 0 Å². The molecule has 0 aliphatic carbocycles. The summed E-state index contributed by atoms with van der Waals surface area (Å²) in [6.07, 6.45) is 0.234. The van der Waals surface area contributed by atoms with E-state index in [4.69, 9.17) is 4.74 Å². The fraction of sp³-hybridized carbons (Fsp3) is 0.333. The normalized spacial score (nSPS) is 14.1. The van der Waals surface area contributed by atoms with Crippen molar-refractivity contribution in [1.29, 1.82) is 0 Å². The monoisotopic (exact) mass is 590 g/mol. The van der Waals surface area contributed by atoms with Gasteiger partial charge in [-0.3, -0.25) is 4.79 Å². The van der Waals surface area contributed by atoms with Gasteiger partial charge in [-0.15, -0.1) is 0 Å². The number of hydrogen-bond donors (Lipinski definition) is 4. The molecule has 11 heteroatoms. The topological polar surface area (TPSA) is 133 Å². The third-order valence-electron chi connectivity index (χ3n) is 4.50. The molecule has 0 saturated carbocycles. The lowest BCUT2D eigenvalue weighted by molar-refractivity contribution is -0.139. The van der Waals surface area contributed by atoms with E-state index in [9.17, 15) is 29.5 Å². The molecule has 0 spiro atoms. The van der Waals surface area contributed by atoms with E-state index in [1.807, 2.05) is 13.8 Å². The van der Waals surface area contributed by atoms with E-state index < -0.39 is 31.7 Å². The second-order valence-electron chi connectivity index (χ2n) is 7.72. The average molecular weight is 592 g/mol. The molecule has 2 rings (SSSR count). The van der Waals surface area contributed by atoms with Gasteiger partial charge >= 0.3 is 14.4 Å². The van der Waals surface area contributed by atoms with Gasteiger partial charge < -0.3 is 25.4 Å². The number of nitrogens with one attached hydrogen (secondary N) is 1. The second-order valence-corrected chi connectivity index (χ2v) is 10.6. The van der Waals surface area contributed by atoms with Crippen LogP contribution in [0.5, 0.6) is 17.2 Å². The highest BCUT2D eigenvalue weighted by Gasteiger charge is 2.33. The number of rotatable bonds is 9. The van der Waals surface area contributed by atoms with Crippen molar-refractivity contribution >= 4 is 52.2 Å². The number of benzene rings is 2. The van der Waals surface area contributed by atoms with Gasteiger partial charge in [0.15, 0.2) is 5.75 Å². The lowest BCUT2D eigenvalue weighted by Crippen LogP contribution is -2.41. The number of aromatic hydroxyl groups is 1. The van der Waals surface area contributed by atoms with E-state index in [0.29, 0.717) is 20.3 Å². The molecule has 0 aromatic heterocycles. The first-order chi connectivity index (χ1) is 14.9. The Kier molecular flexibility index (Phi) is 8.82. The number of aliphatic hydroxyl groups is 1. The van der Waals surface area contributed by atoms with E-state index in [1.165, 1.54) is 25.1 Å². The molecule has 4 N–H and O–H groups in total. The van der Waals surface area contributed by atoms with Crippen LogP contribution in [0.1, 0.15) is 43.1 Å². The van der Waals surface area contributed by atoms with Crippen molar-refractivity contribution in [3.8, 4) is 17.2 Å². The number of aliphatic carboxylic acids is 1. The Balaban J connectivity index is 2.33. The summed E-state index contributed by atoms with van der Waals surface area (Å²) in [7, 11) is -0.979. The second kappa shape index (κ2) is 10.7. The molecule has 8 nitrogen and oxygen atoms in total. The van der Waals surface area contributed by atoms with Crippen molar-refractivity contribution in [3.05, 3.63) is 50.4 Å². The third-order valence-corrected chi connectivity index (χ3v) is 6.37. The van der Waals surface area contributed by atoms with Gasteiger partial charge in [0.05, 0.1) is 14.5 Å². The van der Waals surface area contributed by atoms with Crippen LogP contribution in [0, 0.1) is 5.92 Å². The number of carbonyl (C=O) groups is 2. The molecule has 0 aliphatic heterocycles. The minimum absolute atomic E-state index is 0.0419. The zero-order chi connectivity index (χ0) is 24.2. The predicted molar refractivity (Wildman–Crippen MR) is 127 cm³/mol. The molecular formula is C21H23Br2NO7P+. The quantitative estimate of drug-likeness (QED) is 0.297. The van der Waals surface area contributed by atoms with Crippen molar-refractivity contribution in [2.24, 2.45) is 5.92 Å². The number of carboxylic acids is 1. The smallest absolute Gasteiger partial charge is 0.364 e. The number of phenolic OH excluding ortho intramolecular Hbond substituents is 1. The maximum Gasteiger partial charge on any atom is 0.364 e. The summed E-state index contributed by atoms with van der Waals surface area (Å²) in [5.74, 6) is -1.68. The molecule has 1 amide bonds. The van der Waals surface area contributed by atoms with Gasteiger partial charge in [0.2, 0.25) is 0 Å². The first-order valence-corrected chi connectivity index (χ1v) is 12.0. The van der Waals surface area contributed by atoms with E-state index >= 15 is 0 Å². The van der Waals surface area contributed by atoms with Crippen LogP contribution in [0.15, 0.2) is 39.3 Å². The lowest BCUT2D eigenvalue weighted by Gasteiger charge is -2.18. The van der Waals surface area contributed by atoms with Crippen LogP contribution in [0.25, 0.3) is 0 Å². The zero-order valence-corrected chi connectivity index (χ0v) is 21.7. The van der Waals surface area contributed by atoms with Gasteiger partial charge in [-0.05, 0) is 74.5 Å². The van der Waals surface area contributed by atoms with Crippen molar-refractivity contribution in [2.45, 2.75) is 38.6 Å². The molecular weight excluding hydrogens is 569 g/mol. The zero-order valence-electron chi connectivity index (χ0n) is 17.5. The highest BCUT2D eigenvalue weighted by atomic mass is 79.9. The Morgan fingerprint density at radius 1 is 1.19 bits per heavy atom. The van der Waals surface area contributed by atoms with Crippen LogP contribution in [0.4, 0.5) is 0 Å². The summed E-state index contributed by atoms with van der Waals surface area (Å²) < 4.78 is 18.0. The minimum atomic E-state index is -1.54. The fourth-order valence-electron chi connectivity index (χ4n) is 2.80.